The van der Waals surface area contributed by atoms with E-state index in [9.17, 15) is 10.2 Å². The molecule has 0 aliphatic carbocycles. The minimum atomic E-state index is -0.744. The van der Waals surface area contributed by atoms with Crippen molar-refractivity contribution in [2.75, 3.05) is 79.3 Å². The average Bonchev–Trinajstić information content (AvgIpc) is 2.84. The summed E-state index contributed by atoms with van der Waals surface area (Å²) in [7, 11) is 0. The van der Waals surface area contributed by atoms with Crippen LogP contribution in [0.3, 0.4) is 0 Å². The van der Waals surface area contributed by atoms with Gasteiger partial charge in [-0.25, -0.2) is 0 Å². The number of nitrogens with two attached hydrogens (primary N) is 1. The summed E-state index contributed by atoms with van der Waals surface area (Å²) in [6.07, 6.45) is 3.50. The van der Waals surface area contributed by atoms with E-state index in [1.807, 2.05) is 20.8 Å². The van der Waals surface area contributed by atoms with Gasteiger partial charge in [-0.2, -0.15) is 0 Å². The molecule has 0 aromatic carbocycles. The fourth-order valence-electron chi connectivity index (χ4n) is 3.29. The Morgan fingerprint density at radius 2 is 0.973 bits per heavy atom. The van der Waals surface area contributed by atoms with Gasteiger partial charge in [0.1, 0.15) is 17.9 Å². The fourth-order valence-corrected chi connectivity index (χ4v) is 3.29. The van der Waals surface area contributed by atoms with E-state index < -0.39 is 17.9 Å². The quantitative estimate of drug-likeness (QED) is 0.0709. The van der Waals surface area contributed by atoms with Gasteiger partial charge in [-0.3, -0.25) is 0 Å². The molecule has 0 aromatic rings. The van der Waals surface area contributed by atoms with Gasteiger partial charge in [0.15, 0.2) is 0 Å². The van der Waals surface area contributed by atoms with Crippen molar-refractivity contribution < 1.29 is 48.8 Å². The highest BCUT2D eigenvalue weighted by atomic mass is 16.5. The van der Waals surface area contributed by atoms with Crippen LogP contribution in [0.15, 0.2) is 0 Å². The molecule has 3 atom stereocenters. The Balaban J connectivity index is 3.71. The maximum Gasteiger partial charge on any atom is 0.114 e. The highest BCUT2D eigenvalue weighted by Crippen LogP contribution is 2.19. The molecule has 0 rings (SSSR count). The molecule has 11 nitrogen and oxygen atoms in total. The highest BCUT2D eigenvalue weighted by Gasteiger charge is 2.21. The molecule has 0 amide bonds. The number of aliphatic hydroxyl groups excluding tert-OH is 4. The van der Waals surface area contributed by atoms with Gasteiger partial charge in [-0.05, 0) is 65.7 Å². The van der Waals surface area contributed by atoms with Crippen LogP contribution in [0.5, 0.6) is 0 Å². The minimum Gasteiger partial charge on any atom is -0.396 e. The molecule has 224 valence electrons. The maximum absolute atomic E-state index is 9.77. The minimum absolute atomic E-state index is 0.0763. The van der Waals surface area contributed by atoms with Gasteiger partial charge >= 0.3 is 0 Å². The molecule has 0 radical (unpaired) electrons. The average molecular weight is 542 g/mol. The van der Waals surface area contributed by atoms with Crippen LogP contribution in [0.4, 0.5) is 0 Å². The standard InChI is InChI=1S/C26H55NO10/c1-25(2,36-18-8-16-35-22-24(31)21-34-15-7-12-29)9-4-17-37-26(3,27)10-5-13-32-19-23(30)20-33-14-6-11-28/h23-24,28-31H,4-22,27H2,1-3H3. The Morgan fingerprint density at radius 3 is 1.46 bits per heavy atom. The molecule has 0 aliphatic rings. The van der Waals surface area contributed by atoms with Crippen LogP contribution in [0.1, 0.15) is 65.7 Å². The van der Waals surface area contributed by atoms with Gasteiger partial charge < -0.3 is 54.6 Å². The number of rotatable bonds is 28. The summed E-state index contributed by atoms with van der Waals surface area (Å²) in [5.74, 6) is 0. The Hall–Kier alpha value is -0.440. The van der Waals surface area contributed by atoms with Gasteiger partial charge in [0.25, 0.3) is 0 Å². The van der Waals surface area contributed by atoms with Crippen LogP contribution in [0, 0.1) is 0 Å². The van der Waals surface area contributed by atoms with Crippen LogP contribution in [-0.2, 0) is 28.4 Å². The van der Waals surface area contributed by atoms with Crippen LogP contribution >= 0.6 is 0 Å². The molecule has 0 heterocycles. The molecular weight excluding hydrogens is 486 g/mol. The lowest BCUT2D eigenvalue weighted by Crippen LogP contribution is -2.40. The van der Waals surface area contributed by atoms with Crippen molar-refractivity contribution in [2.45, 2.75) is 89.3 Å². The third-order valence-electron chi connectivity index (χ3n) is 5.38. The van der Waals surface area contributed by atoms with E-state index in [0.29, 0.717) is 58.9 Å². The van der Waals surface area contributed by atoms with E-state index in [4.69, 9.17) is 44.4 Å². The van der Waals surface area contributed by atoms with Gasteiger partial charge in [0, 0.05) is 52.9 Å². The Kier molecular flexibility index (Phi) is 23.2. The Labute approximate surface area is 223 Å². The highest BCUT2D eigenvalue weighted by molar-refractivity contribution is 4.70. The maximum atomic E-state index is 9.77. The van der Waals surface area contributed by atoms with Crippen LogP contribution in [-0.4, -0.2) is 123 Å². The summed E-state index contributed by atoms with van der Waals surface area (Å²) >= 11 is 0. The summed E-state index contributed by atoms with van der Waals surface area (Å²) in [6, 6.07) is 0. The predicted octanol–water partition coefficient (Wildman–Crippen LogP) is 0.977. The molecule has 37 heavy (non-hydrogen) atoms. The van der Waals surface area contributed by atoms with Crippen LogP contribution in [0.2, 0.25) is 0 Å². The predicted molar refractivity (Wildman–Crippen MR) is 140 cm³/mol. The SMILES string of the molecule is CC(C)(CCCOC(C)(N)CCCOCC(O)COCCCO)OCCCOCC(O)COCCCO. The van der Waals surface area contributed by atoms with Crippen molar-refractivity contribution in [3.63, 3.8) is 0 Å². The third kappa shape index (κ3) is 25.6. The topological polar surface area (TPSA) is 162 Å². The van der Waals surface area contributed by atoms with E-state index in [1.54, 1.807) is 0 Å². The van der Waals surface area contributed by atoms with E-state index in [0.717, 1.165) is 25.7 Å². The summed E-state index contributed by atoms with van der Waals surface area (Å²) in [4.78, 5) is 0. The largest absolute Gasteiger partial charge is 0.396 e. The van der Waals surface area contributed by atoms with E-state index >= 15 is 0 Å². The molecule has 0 aromatic heterocycles. The first-order valence-electron chi connectivity index (χ1n) is 13.6. The molecule has 11 heteroatoms. The van der Waals surface area contributed by atoms with Crippen molar-refractivity contribution >= 4 is 0 Å². The molecule has 0 aliphatic heterocycles. The molecular formula is C26H55NO10. The van der Waals surface area contributed by atoms with Crippen LogP contribution < -0.4 is 5.73 Å². The van der Waals surface area contributed by atoms with Gasteiger partial charge in [-0.15, -0.1) is 0 Å². The summed E-state index contributed by atoms with van der Waals surface area (Å²) < 4.78 is 33.2. The Bertz CT molecular complexity index is 496. The lowest BCUT2D eigenvalue weighted by Gasteiger charge is -2.28. The first kappa shape index (κ1) is 36.6. The Morgan fingerprint density at radius 1 is 0.568 bits per heavy atom. The lowest BCUT2D eigenvalue weighted by atomic mass is 10.0. The number of ether oxygens (including phenoxy) is 6. The van der Waals surface area contributed by atoms with E-state index in [1.165, 1.54) is 0 Å². The zero-order valence-corrected chi connectivity index (χ0v) is 23.4. The van der Waals surface area contributed by atoms with Gasteiger partial charge in [0.05, 0.1) is 32.0 Å². The molecule has 0 saturated carbocycles. The second-order valence-corrected chi connectivity index (χ2v) is 10.1. The molecule has 0 saturated heterocycles. The first-order valence-corrected chi connectivity index (χ1v) is 13.6. The van der Waals surface area contributed by atoms with Crippen molar-refractivity contribution in [1.82, 2.24) is 0 Å². The third-order valence-corrected chi connectivity index (χ3v) is 5.38. The lowest BCUT2D eigenvalue weighted by molar-refractivity contribution is -0.0649. The van der Waals surface area contributed by atoms with Crippen LogP contribution in [0.25, 0.3) is 0 Å². The smallest absolute Gasteiger partial charge is 0.114 e. The van der Waals surface area contributed by atoms with E-state index in [2.05, 4.69) is 0 Å². The summed E-state index contributed by atoms with van der Waals surface area (Å²) in [6.45, 7) is 9.85. The van der Waals surface area contributed by atoms with Crippen molar-refractivity contribution in [1.29, 1.82) is 0 Å². The summed E-state index contributed by atoms with van der Waals surface area (Å²) in [5, 5.41) is 36.9. The zero-order chi connectivity index (χ0) is 27.8. The van der Waals surface area contributed by atoms with Crippen molar-refractivity contribution in [2.24, 2.45) is 5.73 Å². The summed E-state index contributed by atoms with van der Waals surface area (Å²) in [5.41, 5.74) is 5.21. The van der Waals surface area contributed by atoms with Gasteiger partial charge in [-0.1, -0.05) is 0 Å². The molecule has 0 fully saturated rings. The first-order chi connectivity index (χ1) is 17.6. The molecule has 6 N–H and O–H groups in total. The number of hydrogen-bond donors (Lipinski definition) is 5. The second-order valence-electron chi connectivity index (χ2n) is 10.1. The fraction of sp³-hybridized carbons (Fsp3) is 1.00. The van der Waals surface area contributed by atoms with Crippen molar-refractivity contribution in [3.8, 4) is 0 Å². The normalized spacial score (nSPS) is 15.6. The molecule has 0 bridgehead atoms. The number of aliphatic hydroxyl groups is 4. The molecule has 0 spiro atoms. The number of hydrogen-bond acceptors (Lipinski definition) is 11. The molecule has 3 unspecified atom stereocenters. The second kappa shape index (κ2) is 23.4. The zero-order valence-electron chi connectivity index (χ0n) is 23.4. The van der Waals surface area contributed by atoms with Crippen molar-refractivity contribution in [3.05, 3.63) is 0 Å². The van der Waals surface area contributed by atoms with E-state index in [-0.39, 0.29) is 45.2 Å². The monoisotopic (exact) mass is 541 g/mol. The van der Waals surface area contributed by atoms with Gasteiger partial charge in [0.2, 0.25) is 0 Å².